The maximum atomic E-state index is 13.1. The molecule has 1 amide bonds. The Labute approximate surface area is 185 Å². The van der Waals surface area contributed by atoms with Crippen LogP contribution < -0.4 is 19.1 Å². The van der Waals surface area contributed by atoms with Gasteiger partial charge in [0.15, 0.2) is 11.5 Å². The van der Waals surface area contributed by atoms with Crippen LogP contribution in [-0.4, -0.2) is 61.2 Å². The molecule has 2 heterocycles. The second-order valence-electron chi connectivity index (χ2n) is 7.10. The molecule has 1 aliphatic rings. The fraction of sp³-hybridized carbons (Fsp3) is 0.261. The van der Waals surface area contributed by atoms with Crippen molar-refractivity contribution in [3.63, 3.8) is 0 Å². The van der Waals surface area contributed by atoms with Gasteiger partial charge in [0.2, 0.25) is 11.8 Å². The van der Waals surface area contributed by atoms with Crippen molar-refractivity contribution in [2.45, 2.75) is 0 Å². The number of hydrogen-bond acceptors (Lipinski definition) is 7. The molecule has 0 aliphatic carbocycles. The fourth-order valence-corrected chi connectivity index (χ4v) is 3.43. The van der Waals surface area contributed by atoms with Crippen LogP contribution in [0.3, 0.4) is 0 Å². The van der Waals surface area contributed by atoms with Gasteiger partial charge in [-0.25, -0.2) is 9.37 Å². The number of benzene rings is 2. The molecule has 1 saturated heterocycles. The van der Waals surface area contributed by atoms with E-state index < -0.39 is 0 Å². The first-order valence-electron chi connectivity index (χ1n) is 10.1. The zero-order valence-electron chi connectivity index (χ0n) is 17.8. The molecular formula is C23H23FN4O4. The van der Waals surface area contributed by atoms with Crippen molar-refractivity contribution in [2.75, 3.05) is 45.3 Å². The number of amides is 1. The van der Waals surface area contributed by atoms with Crippen molar-refractivity contribution < 1.29 is 23.4 Å². The predicted octanol–water partition coefficient (Wildman–Crippen LogP) is 3.39. The topological polar surface area (TPSA) is 77.0 Å². The fourth-order valence-electron chi connectivity index (χ4n) is 3.43. The zero-order valence-corrected chi connectivity index (χ0v) is 17.8. The SMILES string of the molecule is COc1ccc(C(=O)N2CCN(c3nccc(Oc4ccc(F)cc4)n3)CC2)cc1OC. The highest BCUT2D eigenvalue weighted by molar-refractivity contribution is 5.95. The number of carbonyl (C=O) groups is 1. The van der Waals surface area contributed by atoms with E-state index in [4.69, 9.17) is 14.2 Å². The monoisotopic (exact) mass is 438 g/mol. The largest absolute Gasteiger partial charge is 0.493 e. The third-order valence-corrected chi connectivity index (χ3v) is 5.13. The second kappa shape index (κ2) is 9.51. The van der Waals surface area contributed by atoms with Crippen molar-refractivity contribution in [1.29, 1.82) is 0 Å². The summed E-state index contributed by atoms with van der Waals surface area (Å²) in [7, 11) is 3.10. The molecular weight excluding hydrogens is 415 g/mol. The van der Waals surface area contributed by atoms with Crippen molar-refractivity contribution in [1.82, 2.24) is 14.9 Å². The second-order valence-corrected chi connectivity index (χ2v) is 7.10. The van der Waals surface area contributed by atoms with Crippen LogP contribution in [-0.2, 0) is 0 Å². The number of piperazine rings is 1. The molecule has 166 valence electrons. The Kier molecular flexibility index (Phi) is 6.34. The summed E-state index contributed by atoms with van der Waals surface area (Å²) in [5.41, 5.74) is 0.544. The maximum Gasteiger partial charge on any atom is 0.254 e. The smallest absolute Gasteiger partial charge is 0.254 e. The summed E-state index contributed by atoms with van der Waals surface area (Å²) >= 11 is 0. The summed E-state index contributed by atoms with van der Waals surface area (Å²) in [6.45, 7) is 2.22. The first-order valence-corrected chi connectivity index (χ1v) is 10.1. The van der Waals surface area contributed by atoms with E-state index in [2.05, 4.69) is 9.97 Å². The van der Waals surface area contributed by atoms with E-state index in [1.54, 1.807) is 49.6 Å². The quantitative estimate of drug-likeness (QED) is 0.584. The Bertz CT molecular complexity index is 1090. The minimum Gasteiger partial charge on any atom is -0.493 e. The summed E-state index contributed by atoms with van der Waals surface area (Å²) in [5.74, 6) is 2.06. The molecule has 1 aromatic heterocycles. The molecule has 32 heavy (non-hydrogen) atoms. The normalized spacial score (nSPS) is 13.6. The third kappa shape index (κ3) is 4.72. The van der Waals surface area contributed by atoms with E-state index in [0.29, 0.717) is 60.8 Å². The highest BCUT2D eigenvalue weighted by atomic mass is 19.1. The summed E-state index contributed by atoms with van der Waals surface area (Å²) in [6.07, 6.45) is 1.61. The minimum atomic E-state index is -0.332. The molecule has 2 aromatic carbocycles. The Balaban J connectivity index is 1.39. The standard InChI is InChI=1S/C23H23FN4O4/c1-30-19-8-3-16(15-20(19)31-2)22(29)27-11-13-28(14-12-27)23-25-10-9-21(26-23)32-18-6-4-17(24)5-7-18/h3-10,15H,11-14H2,1-2H3. The van der Waals surface area contributed by atoms with Gasteiger partial charge in [0.1, 0.15) is 11.6 Å². The Morgan fingerprint density at radius 3 is 2.34 bits per heavy atom. The molecule has 1 aliphatic heterocycles. The van der Waals surface area contributed by atoms with E-state index in [1.165, 1.54) is 24.3 Å². The molecule has 9 heteroatoms. The number of rotatable bonds is 6. The number of aromatic nitrogens is 2. The molecule has 1 fully saturated rings. The molecule has 0 bridgehead atoms. The summed E-state index contributed by atoms with van der Waals surface area (Å²) in [6, 6.07) is 12.5. The summed E-state index contributed by atoms with van der Waals surface area (Å²) in [4.78, 5) is 25.5. The van der Waals surface area contributed by atoms with Gasteiger partial charge in [-0.1, -0.05) is 0 Å². The average molecular weight is 438 g/mol. The third-order valence-electron chi connectivity index (χ3n) is 5.13. The number of nitrogens with zero attached hydrogens (tertiary/aromatic N) is 4. The van der Waals surface area contributed by atoms with E-state index in [9.17, 15) is 9.18 Å². The summed E-state index contributed by atoms with van der Waals surface area (Å²) in [5, 5.41) is 0. The molecule has 0 atom stereocenters. The van der Waals surface area contributed by atoms with Gasteiger partial charge >= 0.3 is 0 Å². The van der Waals surface area contributed by atoms with Gasteiger partial charge < -0.3 is 24.0 Å². The van der Waals surface area contributed by atoms with Crippen LogP contribution in [0.2, 0.25) is 0 Å². The van der Waals surface area contributed by atoms with Crippen LogP contribution in [0.25, 0.3) is 0 Å². The van der Waals surface area contributed by atoms with Crippen molar-refractivity contribution >= 4 is 11.9 Å². The van der Waals surface area contributed by atoms with Crippen LogP contribution in [0.15, 0.2) is 54.7 Å². The van der Waals surface area contributed by atoms with Gasteiger partial charge in [-0.05, 0) is 42.5 Å². The lowest BCUT2D eigenvalue weighted by atomic mass is 10.1. The van der Waals surface area contributed by atoms with Gasteiger partial charge in [-0.2, -0.15) is 4.98 Å². The molecule has 0 N–H and O–H groups in total. The van der Waals surface area contributed by atoms with Crippen LogP contribution in [0.1, 0.15) is 10.4 Å². The highest BCUT2D eigenvalue weighted by Crippen LogP contribution is 2.28. The maximum absolute atomic E-state index is 13.1. The molecule has 0 radical (unpaired) electrons. The van der Waals surface area contributed by atoms with Gasteiger partial charge in [0, 0.05) is 44.0 Å². The van der Waals surface area contributed by atoms with Gasteiger partial charge in [0.25, 0.3) is 5.91 Å². The predicted molar refractivity (Wildman–Crippen MR) is 116 cm³/mol. The van der Waals surface area contributed by atoms with Crippen LogP contribution in [0.5, 0.6) is 23.1 Å². The lowest BCUT2D eigenvalue weighted by Gasteiger charge is -2.34. The number of hydrogen-bond donors (Lipinski definition) is 0. The van der Waals surface area contributed by atoms with Crippen molar-refractivity contribution in [3.8, 4) is 23.1 Å². The minimum absolute atomic E-state index is 0.0695. The van der Waals surface area contributed by atoms with Gasteiger partial charge in [-0.3, -0.25) is 4.79 Å². The van der Waals surface area contributed by atoms with Crippen LogP contribution >= 0.6 is 0 Å². The molecule has 8 nitrogen and oxygen atoms in total. The summed E-state index contributed by atoms with van der Waals surface area (Å²) < 4.78 is 29.3. The van der Waals surface area contributed by atoms with Gasteiger partial charge in [-0.15, -0.1) is 0 Å². The molecule has 0 spiro atoms. The van der Waals surface area contributed by atoms with Crippen LogP contribution in [0, 0.1) is 5.82 Å². The number of anilines is 1. The van der Waals surface area contributed by atoms with Crippen molar-refractivity contribution in [3.05, 3.63) is 66.1 Å². The first-order chi connectivity index (χ1) is 15.6. The Morgan fingerprint density at radius 2 is 1.66 bits per heavy atom. The Morgan fingerprint density at radius 1 is 0.938 bits per heavy atom. The van der Waals surface area contributed by atoms with E-state index >= 15 is 0 Å². The number of halogens is 1. The van der Waals surface area contributed by atoms with Gasteiger partial charge in [0.05, 0.1) is 14.2 Å². The molecule has 3 aromatic rings. The lowest BCUT2D eigenvalue weighted by molar-refractivity contribution is 0.0745. The molecule has 0 saturated carbocycles. The zero-order chi connectivity index (χ0) is 22.5. The van der Waals surface area contributed by atoms with Crippen molar-refractivity contribution in [2.24, 2.45) is 0 Å². The molecule has 0 unspecified atom stereocenters. The Hall–Kier alpha value is -3.88. The van der Waals surface area contributed by atoms with E-state index in [0.717, 1.165) is 0 Å². The van der Waals surface area contributed by atoms with Crippen LogP contribution in [0.4, 0.5) is 10.3 Å². The average Bonchev–Trinajstić information content (AvgIpc) is 2.85. The van der Waals surface area contributed by atoms with E-state index in [1.807, 2.05) is 4.90 Å². The number of ether oxygens (including phenoxy) is 3. The lowest BCUT2D eigenvalue weighted by Crippen LogP contribution is -2.49. The van der Waals surface area contributed by atoms with E-state index in [-0.39, 0.29) is 11.7 Å². The number of carbonyl (C=O) groups excluding carboxylic acids is 1. The number of methoxy groups -OCH3 is 2. The first kappa shape index (κ1) is 21.4. The highest BCUT2D eigenvalue weighted by Gasteiger charge is 2.24. The molecule has 4 rings (SSSR count).